The first-order chi connectivity index (χ1) is 18.0. The molecule has 0 saturated heterocycles. The first-order valence-electron chi connectivity index (χ1n) is 11.9. The summed E-state index contributed by atoms with van der Waals surface area (Å²) >= 11 is 0. The van der Waals surface area contributed by atoms with Crippen molar-refractivity contribution >= 4 is 34.2 Å². The summed E-state index contributed by atoms with van der Waals surface area (Å²) in [6.45, 7) is 5.14. The molecular formula is C27H30FN5O4. The highest BCUT2D eigenvalue weighted by molar-refractivity contribution is 5.89. The molecule has 4 rings (SSSR count). The number of rotatable bonds is 11. The molecule has 1 N–H and O–H groups in total. The maximum absolute atomic E-state index is 14.7. The molecule has 0 aliphatic rings. The molecule has 37 heavy (non-hydrogen) atoms. The molecule has 0 amide bonds. The standard InChI is InChI=1S/C27H30FN5O4/c1-5-37-22-12-7-6-11-21(22)33(16-25(34)35-3)24-15-23(30-17-31-24)29-13-14-32-18(2)27(36-4)19-9-8-10-20(28)26(19)32/h6-12,15,17H,5,13-14,16H2,1-4H3,(H,29,30,31). The molecule has 0 unspecified atom stereocenters. The number of methoxy groups -OCH3 is 2. The zero-order valence-corrected chi connectivity index (χ0v) is 21.3. The SMILES string of the molecule is CCOc1ccccc1N(CC(=O)OC)c1cc(NCCn2c(C)c(OC)c3cccc(F)c32)ncn1. The minimum atomic E-state index is -0.426. The van der Waals surface area contributed by atoms with Crippen LogP contribution < -0.4 is 19.7 Å². The second-order valence-corrected chi connectivity index (χ2v) is 8.16. The van der Waals surface area contributed by atoms with Crippen molar-refractivity contribution in [3.63, 3.8) is 0 Å². The van der Waals surface area contributed by atoms with Crippen molar-refractivity contribution in [3.05, 3.63) is 66.4 Å². The van der Waals surface area contributed by atoms with Gasteiger partial charge in [-0.25, -0.2) is 14.4 Å². The van der Waals surface area contributed by atoms with Gasteiger partial charge in [-0.3, -0.25) is 4.79 Å². The van der Waals surface area contributed by atoms with Gasteiger partial charge in [-0.05, 0) is 38.1 Å². The molecule has 0 atom stereocenters. The van der Waals surface area contributed by atoms with Crippen LogP contribution in [0, 0.1) is 12.7 Å². The van der Waals surface area contributed by atoms with Crippen LogP contribution in [0.2, 0.25) is 0 Å². The first kappa shape index (κ1) is 25.7. The van der Waals surface area contributed by atoms with Crippen LogP contribution >= 0.6 is 0 Å². The van der Waals surface area contributed by atoms with E-state index in [1.165, 1.54) is 19.5 Å². The van der Waals surface area contributed by atoms with Gasteiger partial charge in [0.05, 0.1) is 37.7 Å². The summed E-state index contributed by atoms with van der Waals surface area (Å²) in [6.07, 6.45) is 1.42. The molecule has 10 heteroatoms. The molecule has 194 valence electrons. The van der Waals surface area contributed by atoms with E-state index >= 15 is 0 Å². The van der Waals surface area contributed by atoms with E-state index in [1.807, 2.05) is 48.7 Å². The van der Waals surface area contributed by atoms with Gasteiger partial charge in [-0.1, -0.05) is 18.2 Å². The number of para-hydroxylation sites is 3. The van der Waals surface area contributed by atoms with Crippen molar-refractivity contribution in [3.8, 4) is 11.5 Å². The van der Waals surface area contributed by atoms with Crippen molar-refractivity contribution < 1.29 is 23.4 Å². The lowest BCUT2D eigenvalue weighted by Gasteiger charge is -2.25. The van der Waals surface area contributed by atoms with E-state index in [2.05, 4.69) is 15.3 Å². The van der Waals surface area contributed by atoms with Gasteiger partial charge >= 0.3 is 5.97 Å². The number of aromatic nitrogens is 3. The highest BCUT2D eigenvalue weighted by Gasteiger charge is 2.20. The van der Waals surface area contributed by atoms with Gasteiger partial charge in [0.15, 0.2) is 0 Å². The molecule has 9 nitrogen and oxygen atoms in total. The Hall–Kier alpha value is -4.34. The Balaban J connectivity index is 1.58. The number of nitrogens with one attached hydrogen (secondary N) is 1. The normalized spacial score (nSPS) is 10.8. The zero-order valence-electron chi connectivity index (χ0n) is 21.3. The fourth-order valence-electron chi connectivity index (χ4n) is 4.32. The molecule has 2 aromatic carbocycles. The Morgan fingerprint density at radius 1 is 1.14 bits per heavy atom. The third-order valence-electron chi connectivity index (χ3n) is 5.98. The molecule has 0 aliphatic heterocycles. The third-order valence-corrected chi connectivity index (χ3v) is 5.98. The van der Waals surface area contributed by atoms with Crippen LogP contribution in [0.15, 0.2) is 54.9 Å². The van der Waals surface area contributed by atoms with Crippen molar-refractivity contribution in [2.75, 3.05) is 44.1 Å². The summed E-state index contributed by atoms with van der Waals surface area (Å²) in [5.41, 5.74) is 2.01. The number of hydrogen-bond acceptors (Lipinski definition) is 8. The first-order valence-corrected chi connectivity index (χ1v) is 11.9. The van der Waals surface area contributed by atoms with Gasteiger partial charge < -0.3 is 29.0 Å². The van der Waals surface area contributed by atoms with E-state index in [1.54, 1.807) is 24.1 Å². The Kier molecular flexibility index (Phi) is 8.07. The van der Waals surface area contributed by atoms with Crippen LogP contribution in [0.1, 0.15) is 12.6 Å². The van der Waals surface area contributed by atoms with E-state index in [4.69, 9.17) is 14.2 Å². The van der Waals surface area contributed by atoms with Crippen LogP contribution in [-0.2, 0) is 16.1 Å². The fraction of sp³-hybridized carbons (Fsp3) is 0.296. The number of fused-ring (bicyclic) bond motifs is 1. The van der Waals surface area contributed by atoms with E-state index < -0.39 is 5.97 Å². The smallest absolute Gasteiger partial charge is 0.325 e. The van der Waals surface area contributed by atoms with Crippen molar-refractivity contribution in [2.45, 2.75) is 20.4 Å². The predicted molar refractivity (Wildman–Crippen MR) is 140 cm³/mol. The third kappa shape index (κ3) is 5.42. The molecular weight excluding hydrogens is 477 g/mol. The number of nitrogens with zero attached hydrogens (tertiary/aromatic N) is 4. The topological polar surface area (TPSA) is 90.7 Å². The molecule has 2 aromatic heterocycles. The van der Waals surface area contributed by atoms with Gasteiger partial charge in [0, 0.05) is 24.5 Å². The number of ether oxygens (including phenoxy) is 3. The van der Waals surface area contributed by atoms with Gasteiger partial charge in [-0.15, -0.1) is 0 Å². The maximum Gasteiger partial charge on any atom is 0.325 e. The fourth-order valence-corrected chi connectivity index (χ4v) is 4.32. The number of carbonyl (C=O) groups excluding carboxylic acids is 1. The Morgan fingerprint density at radius 2 is 1.95 bits per heavy atom. The lowest BCUT2D eigenvalue weighted by atomic mass is 10.2. The van der Waals surface area contributed by atoms with Gasteiger partial charge in [0.25, 0.3) is 0 Å². The van der Waals surface area contributed by atoms with Gasteiger partial charge in [-0.2, -0.15) is 0 Å². The second kappa shape index (κ2) is 11.6. The van der Waals surface area contributed by atoms with Crippen LogP contribution in [-0.4, -0.2) is 54.4 Å². The summed E-state index contributed by atoms with van der Waals surface area (Å²) in [7, 11) is 2.92. The van der Waals surface area contributed by atoms with E-state index in [0.29, 0.717) is 54.0 Å². The number of anilines is 3. The summed E-state index contributed by atoms with van der Waals surface area (Å²) in [6, 6.07) is 14.1. The summed E-state index contributed by atoms with van der Waals surface area (Å²) < 4.78 is 32.8. The lowest BCUT2D eigenvalue weighted by Crippen LogP contribution is -2.27. The number of benzene rings is 2. The highest BCUT2D eigenvalue weighted by atomic mass is 19.1. The molecule has 0 bridgehead atoms. The minimum Gasteiger partial charge on any atom is -0.494 e. The molecule has 0 saturated carbocycles. The molecule has 2 heterocycles. The Labute approximate surface area is 214 Å². The van der Waals surface area contributed by atoms with Crippen LogP contribution in [0.4, 0.5) is 21.7 Å². The second-order valence-electron chi connectivity index (χ2n) is 8.16. The van der Waals surface area contributed by atoms with Crippen molar-refractivity contribution in [1.29, 1.82) is 0 Å². The van der Waals surface area contributed by atoms with Crippen molar-refractivity contribution in [2.24, 2.45) is 0 Å². The molecule has 0 spiro atoms. The molecule has 0 fully saturated rings. The van der Waals surface area contributed by atoms with Crippen molar-refractivity contribution in [1.82, 2.24) is 14.5 Å². The number of carbonyl (C=O) groups is 1. The largest absolute Gasteiger partial charge is 0.494 e. The highest BCUT2D eigenvalue weighted by Crippen LogP contribution is 2.35. The predicted octanol–water partition coefficient (Wildman–Crippen LogP) is 4.71. The van der Waals surface area contributed by atoms with Crippen LogP contribution in [0.5, 0.6) is 11.5 Å². The number of esters is 1. The quantitative estimate of drug-likeness (QED) is 0.292. The van der Waals surface area contributed by atoms with Crippen LogP contribution in [0.25, 0.3) is 10.9 Å². The Morgan fingerprint density at radius 3 is 2.70 bits per heavy atom. The van der Waals surface area contributed by atoms with E-state index in [0.717, 1.165) is 11.1 Å². The molecule has 0 aliphatic carbocycles. The van der Waals surface area contributed by atoms with Crippen LogP contribution in [0.3, 0.4) is 0 Å². The van der Waals surface area contributed by atoms with Gasteiger partial charge in [0.1, 0.15) is 41.8 Å². The summed E-state index contributed by atoms with van der Waals surface area (Å²) in [5, 5.41) is 4.01. The number of halogens is 1. The minimum absolute atomic E-state index is 0.0648. The average molecular weight is 508 g/mol. The molecule has 0 radical (unpaired) electrons. The Bertz CT molecular complexity index is 1390. The van der Waals surface area contributed by atoms with Gasteiger partial charge in [0.2, 0.25) is 0 Å². The van der Waals surface area contributed by atoms with E-state index in [9.17, 15) is 9.18 Å². The molecule has 4 aromatic rings. The summed E-state index contributed by atoms with van der Waals surface area (Å²) in [5.74, 6) is 1.59. The lowest BCUT2D eigenvalue weighted by molar-refractivity contribution is -0.138. The zero-order chi connectivity index (χ0) is 26.4. The number of hydrogen-bond donors (Lipinski definition) is 1. The summed E-state index contributed by atoms with van der Waals surface area (Å²) in [4.78, 5) is 22.7. The maximum atomic E-state index is 14.7. The van der Waals surface area contributed by atoms with E-state index in [-0.39, 0.29) is 12.4 Å². The average Bonchev–Trinajstić information content (AvgIpc) is 3.19. The monoisotopic (exact) mass is 507 g/mol.